The lowest BCUT2D eigenvalue weighted by atomic mass is 9.99. The lowest BCUT2D eigenvalue weighted by molar-refractivity contribution is -0.133. The molecular weight excluding hydrogens is 440 g/mol. The lowest BCUT2D eigenvalue weighted by Crippen LogP contribution is -2.38. The van der Waals surface area contributed by atoms with Gasteiger partial charge in [0.25, 0.3) is 0 Å². The number of anilines is 1. The van der Waals surface area contributed by atoms with E-state index in [1.165, 1.54) is 0 Å². The van der Waals surface area contributed by atoms with Gasteiger partial charge in [0.05, 0.1) is 12.3 Å². The number of carbonyl (C=O) groups is 2. The largest absolute Gasteiger partial charge is 0.424 e. The number of hydrogen-bond donors (Lipinski definition) is 2. The number of nitrogens with zero attached hydrogens (tertiary/aromatic N) is 1. The maximum atomic E-state index is 13.2. The molecule has 0 aliphatic rings. The van der Waals surface area contributed by atoms with Crippen LogP contribution in [0.5, 0.6) is 5.75 Å². The van der Waals surface area contributed by atoms with E-state index in [1.807, 2.05) is 48.5 Å². The monoisotopic (exact) mass is 474 g/mol. The van der Waals surface area contributed by atoms with Crippen LogP contribution in [0.15, 0.2) is 72.8 Å². The standard InChI is InChI=1S/C29H34N2O4/c1-4-27(33)35-26-12-8-11-25(24-15-13-23(14-16-24)22-9-6-5-7-10-22)28(26)30-29(34)31(19-20-32)18-17-21(2)3/h5-16,21,32H,4,17-20H2,1-3H3,(H,30,34). The van der Waals surface area contributed by atoms with Crippen LogP contribution in [0.3, 0.4) is 0 Å². The van der Waals surface area contributed by atoms with Crippen LogP contribution in [-0.4, -0.2) is 41.7 Å². The van der Waals surface area contributed by atoms with Gasteiger partial charge >= 0.3 is 12.0 Å². The summed E-state index contributed by atoms with van der Waals surface area (Å²) in [6.45, 7) is 6.50. The number of amides is 2. The predicted molar refractivity (Wildman–Crippen MR) is 140 cm³/mol. The van der Waals surface area contributed by atoms with E-state index < -0.39 is 0 Å². The molecule has 2 amide bonds. The van der Waals surface area contributed by atoms with Crippen LogP contribution in [0.1, 0.15) is 33.6 Å². The molecule has 0 saturated heterocycles. The average Bonchev–Trinajstić information content (AvgIpc) is 2.87. The molecule has 3 aromatic carbocycles. The number of benzene rings is 3. The summed E-state index contributed by atoms with van der Waals surface area (Å²) in [6, 6.07) is 23.2. The van der Waals surface area contributed by atoms with Crippen LogP contribution < -0.4 is 10.1 Å². The first-order chi connectivity index (χ1) is 16.9. The zero-order chi connectivity index (χ0) is 25.2. The maximum absolute atomic E-state index is 13.2. The summed E-state index contributed by atoms with van der Waals surface area (Å²) >= 11 is 0. The number of para-hydroxylation sites is 1. The highest BCUT2D eigenvalue weighted by Crippen LogP contribution is 2.37. The van der Waals surface area contributed by atoms with Gasteiger partial charge in [0.2, 0.25) is 0 Å². The summed E-state index contributed by atoms with van der Waals surface area (Å²) in [5.41, 5.74) is 4.25. The molecule has 3 rings (SSSR count). The Labute approximate surface area is 207 Å². The molecule has 0 aliphatic carbocycles. The second kappa shape index (κ2) is 12.7. The van der Waals surface area contributed by atoms with Crippen LogP contribution in [0.25, 0.3) is 22.3 Å². The fourth-order valence-corrected chi connectivity index (χ4v) is 3.69. The highest BCUT2D eigenvalue weighted by molar-refractivity contribution is 5.97. The quantitative estimate of drug-likeness (QED) is 0.271. The van der Waals surface area contributed by atoms with Crippen molar-refractivity contribution in [3.8, 4) is 28.0 Å². The van der Waals surface area contributed by atoms with Gasteiger partial charge in [0, 0.05) is 25.1 Å². The predicted octanol–water partition coefficient (Wildman–Crippen LogP) is 6.21. The van der Waals surface area contributed by atoms with E-state index in [2.05, 4.69) is 31.3 Å². The molecule has 6 heteroatoms. The summed E-state index contributed by atoms with van der Waals surface area (Å²) in [5.74, 6) is 0.326. The van der Waals surface area contributed by atoms with E-state index in [-0.39, 0.29) is 31.6 Å². The van der Waals surface area contributed by atoms with Crippen LogP contribution in [-0.2, 0) is 4.79 Å². The van der Waals surface area contributed by atoms with Crippen LogP contribution in [0.2, 0.25) is 0 Å². The number of carbonyl (C=O) groups excluding carboxylic acids is 2. The minimum absolute atomic E-state index is 0.133. The van der Waals surface area contributed by atoms with Crippen LogP contribution >= 0.6 is 0 Å². The summed E-state index contributed by atoms with van der Waals surface area (Å²) in [6.07, 6.45) is 1.03. The molecule has 35 heavy (non-hydrogen) atoms. The second-order valence-electron chi connectivity index (χ2n) is 8.77. The molecule has 184 valence electrons. The third kappa shape index (κ3) is 7.17. The molecule has 0 heterocycles. The van der Waals surface area contributed by atoms with Crippen molar-refractivity contribution in [1.82, 2.24) is 4.90 Å². The molecule has 0 spiro atoms. The Morgan fingerprint density at radius 2 is 1.54 bits per heavy atom. The van der Waals surface area contributed by atoms with E-state index in [0.717, 1.165) is 28.7 Å². The Morgan fingerprint density at radius 1 is 0.886 bits per heavy atom. The highest BCUT2D eigenvalue weighted by Gasteiger charge is 2.20. The van der Waals surface area contributed by atoms with Crippen molar-refractivity contribution >= 4 is 17.7 Å². The molecule has 0 aliphatic heterocycles. The molecule has 6 nitrogen and oxygen atoms in total. The molecule has 0 unspecified atom stereocenters. The van der Waals surface area contributed by atoms with Gasteiger partial charge in [0.15, 0.2) is 5.75 Å². The fraction of sp³-hybridized carbons (Fsp3) is 0.310. The van der Waals surface area contributed by atoms with Crippen molar-refractivity contribution in [1.29, 1.82) is 0 Å². The number of nitrogens with one attached hydrogen (secondary N) is 1. The van der Waals surface area contributed by atoms with E-state index in [1.54, 1.807) is 24.0 Å². The SMILES string of the molecule is CCC(=O)Oc1cccc(-c2ccc(-c3ccccc3)cc2)c1NC(=O)N(CCO)CCC(C)C. The topological polar surface area (TPSA) is 78.9 Å². The zero-order valence-corrected chi connectivity index (χ0v) is 20.7. The molecule has 0 aromatic heterocycles. The van der Waals surface area contributed by atoms with Gasteiger partial charge in [-0.3, -0.25) is 4.79 Å². The zero-order valence-electron chi connectivity index (χ0n) is 20.7. The van der Waals surface area contributed by atoms with Crippen LogP contribution in [0, 0.1) is 5.92 Å². The molecule has 0 saturated carbocycles. The second-order valence-corrected chi connectivity index (χ2v) is 8.77. The van der Waals surface area contributed by atoms with Crippen molar-refractivity contribution < 1.29 is 19.4 Å². The van der Waals surface area contributed by atoms with Gasteiger partial charge in [0.1, 0.15) is 0 Å². The maximum Gasteiger partial charge on any atom is 0.322 e. The van der Waals surface area contributed by atoms with E-state index in [4.69, 9.17) is 4.74 Å². The number of ether oxygens (including phenoxy) is 1. The minimum Gasteiger partial charge on any atom is -0.424 e. The van der Waals surface area contributed by atoms with Gasteiger partial charge in [-0.15, -0.1) is 0 Å². The first kappa shape index (κ1) is 26.0. The normalized spacial score (nSPS) is 10.8. The van der Waals surface area contributed by atoms with Gasteiger partial charge in [-0.05, 0) is 35.1 Å². The summed E-state index contributed by atoms with van der Waals surface area (Å²) in [7, 11) is 0. The molecule has 0 bridgehead atoms. The Bertz CT molecular complexity index is 1110. The molecule has 0 atom stereocenters. The van der Waals surface area contributed by atoms with E-state index >= 15 is 0 Å². The number of aliphatic hydroxyl groups excluding tert-OH is 1. The lowest BCUT2D eigenvalue weighted by Gasteiger charge is -2.24. The number of rotatable bonds is 10. The van der Waals surface area contributed by atoms with Crippen molar-refractivity contribution in [2.75, 3.05) is 25.0 Å². The van der Waals surface area contributed by atoms with Gasteiger partial charge < -0.3 is 20.1 Å². The number of hydrogen-bond acceptors (Lipinski definition) is 4. The molecule has 3 aromatic rings. The van der Waals surface area contributed by atoms with Gasteiger partial charge in [-0.1, -0.05) is 87.5 Å². The minimum atomic E-state index is -0.385. The Morgan fingerprint density at radius 3 is 2.17 bits per heavy atom. The van der Waals surface area contributed by atoms with Gasteiger partial charge in [-0.25, -0.2) is 4.79 Å². The molecule has 0 fully saturated rings. The van der Waals surface area contributed by atoms with Crippen LogP contribution in [0.4, 0.5) is 10.5 Å². The Kier molecular flexibility index (Phi) is 9.44. The fourth-order valence-electron chi connectivity index (χ4n) is 3.69. The highest BCUT2D eigenvalue weighted by atomic mass is 16.5. The average molecular weight is 475 g/mol. The number of aliphatic hydroxyl groups is 1. The molecular formula is C29H34N2O4. The smallest absolute Gasteiger partial charge is 0.322 e. The molecule has 2 N–H and O–H groups in total. The summed E-state index contributed by atoms with van der Waals surface area (Å²) in [4.78, 5) is 26.9. The third-order valence-electron chi connectivity index (χ3n) is 5.71. The van der Waals surface area contributed by atoms with E-state index in [0.29, 0.717) is 23.9 Å². The Hall–Kier alpha value is -3.64. The first-order valence-electron chi connectivity index (χ1n) is 12.1. The summed E-state index contributed by atoms with van der Waals surface area (Å²) in [5, 5.41) is 12.4. The Balaban J connectivity index is 1.96. The van der Waals surface area contributed by atoms with Crippen molar-refractivity contribution in [2.24, 2.45) is 5.92 Å². The first-order valence-corrected chi connectivity index (χ1v) is 12.1. The van der Waals surface area contributed by atoms with Crippen molar-refractivity contribution in [3.05, 3.63) is 72.8 Å². The summed E-state index contributed by atoms with van der Waals surface area (Å²) < 4.78 is 5.57. The number of esters is 1. The van der Waals surface area contributed by atoms with Gasteiger partial charge in [-0.2, -0.15) is 0 Å². The van der Waals surface area contributed by atoms with Crippen molar-refractivity contribution in [2.45, 2.75) is 33.6 Å². The third-order valence-corrected chi connectivity index (χ3v) is 5.71. The van der Waals surface area contributed by atoms with E-state index in [9.17, 15) is 14.7 Å². The van der Waals surface area contributed by atoms with Crippen molar-refractivity contribution in [3.63, 3.8) is 0 Å². The molecule has 0 radical (unpaired) electrons. The number of urea groups is 1.